The van der Waals surface area contributed by atoms with Crippen LogP contribution in [0, 0.1) is 5.92 Å². The first-order valence-corrected chi connectivity index (χ1v) is 12.5. The summed E-state index contributed by atoms with van der Waals surface area (Å²) < 4.78 is 17.2. The molecule has 1 aromatic carbocycles. The first-order chi connectivity index (χ1) is 17.1. The van der Waals surface area contributed by atoms with E-state index < -0.39 is 6.04 Å². The molecular weight excluding hydrogens is 444 g/mol. The molecule has 7 heteroatoms. The minimum atomic E-state index is -0.492. The number of ether oxygens (including phenoxy) is 3. The second-order valence-electron chi connectivity index (χ2n) is 9.64. The fraction of sp³-hybridized carbons (Fsp3) is 0.464. The third kappa shape index (κ3) is 4.64. The molecule has 1 saturated carbocycles. The fourth-order valence-corrected chi connectivity index (χ4v) is 5.64. The summed E-state index contributed by atoms with van der Waals surface area (Å²) in [4.78, 5) is 33.3. The normalized spacial score (nSPS) is 18.6. The Bertz CT molecular complexity index is 1140. The van der Waals surface area contributed by atoms with Crippen LogP contribution >= 0.6 is 0 Å². The van der Waals surface area contributed by atoms with E-state index in [0.29, 0.717) is 48.3 Å². The van der Waals surface area contributed by atoms with Gasteiger partial charge in [0.05, 0.1) is 26.7 Å². The van der Waals surface area contributed by atoms with Crippen molar-refractivity contribution in [1.29, 1.82) is 0 Å². The van der Waals surface area contributed by atoms with Gasteiger partial charge in [0.1, 0.15) is 5.75 Å². The molecule has 0 radical (unpaired) electrons. The van der Waals surface area contributed by atoms with E-state index in [4.69, 9.17) is 14.2 Å². The number of Topliss-reactive ketones (excluding diaryl/α,β-unsaturated/α-hetero) is 1. The lowest BCUT2D eigenvalue weighted by Gasteiger charge is -2.32. The molecule has 0 spiro atoms. The molecule has 2 aliphatic heterocycles. The Morgan fingerprint density at radius 2 is 1.89 bits per heavy atom. The van der Waals surface area contributed by atoms with Gasteiger partial charge in [-0.1, -0.05) is 38.2 Å². The number of aromatic nitrogens is 1. The lowest BCUT2D eigenvalue weighted by Crippen LogP contribution is -2.45. The van der Waals surface area contributed by atoms with E-state index >= 15 is 0 Å². The first kappa shape index (κ1) is 23.4. The van der Waals surface area contributed by atoms with E-state index in [9.17, 15) is 9.59 Å². The van der Waals surface area contributed by atoms with E-state index in [2.05, 4.69) is 4.98 Å². The van der Waals surface area contributed by atoms with Gasteiger partial charge in [-0.05, 0) is 36.6 Å². The van der Waals surface area contributed by atoms with Crippen molar-refractivity contribution in [2.24, 2.45) is 5.92 Å². The molecule has 2 aromatic rings. The number of benzene rings is 1. The summed E-state index contributed by atoms with van der Waals surface area (Å²) in [6.07, 6.45) is 8.98. The van der Waals surface area contributed by atoms with Crippen LogP contribution in [-0.4, -0.2) is 48.4 Å². The SMILES string of the molecule is COc1ccc(OC)c2c1CC1=C(O2)C(=O)N([C@@H](CC2CCCCC2)C(=O)Cc2ccccn2)C1. The molecule has 7 nitrogen and oxygen atoms in total. The topological polar surface area (TPSA) is 78.0 Å². The van der Waals surface area contributed by atoms with Crippen molar-refractivity contribution in [2.75, 3.05) is 20.8 Å². The highest BCUT2D eigenvalue weighted by atomic mass is 16.5. The summed E-state index contributed by atoms with van der Waals surface area (Å²) in [5, 5.41) is 0. The summed E-state index contributed by atoms with van der Waals surface area (Å²) >= 11 is 0. The smallest absolute Gasteiger partial charge is 0.290 e. The molecule has 1 aliphatic carbocycles. The number of methoxy groups -OCH3 is 2. The average molecular weight is 477 g/mol. The van der Waals surface area contributed by atoms with Gasteiger partial charge >= 0.3 is 0 Å². The maximum Gasteiger partial charge on any atom is 0.290 e. The number of carbonyl (C=O) groups excluding carboxylic acids is 2. The number of ketones is 1. The Kier molecular flexibility index (Phi) is 6.75. The number of fused-ring (bicyclic) bond motifs is 1. The minimum Gasteiger partial charge on any atom is -0.496 e. The fourth-order valence-electron chi connectivity index (χ4n) is 5.64. The number of amides is 1. The molecule has 1 aromatic heterocycles. The van der Waals surface area contributed by atoms with Gasteiger partial charge in [-0.25, -0.2) is 0 Å². The predicted octanol–water partition coefficient (Wildman–Crippen LogP) is 4.28. The maximum atomic E-state index is 13.6. The molecule has 5 rings (SSSR count). The Morgan fingerprint density at radius 3 is 2.60 bits per heavy atom. The van der Waals surface area contributed by atoms with Crippen molar-refractivity contribution in [3.63, 3.8) is 0 Å². The molecule has 1 fully saturated rings. The number of hydrogen-bond acceptors (Lipinski definition) is 6. The predicted molar refractivity (Wildman–Crippen MR) is 131 cm³/mol. The van der Waals surface area contributed by atoms with Crippen molar-refractivity contribution in [3.05, 3.63) is 59.1 Å². The Morgan fingerprint density at radius 1 is 1.11 bits per heavy atom. The van der Waals surface area contributed by atoms with Gasteiger partial charge in [0.2, 0.25) is 0 Å². The summed E-state index contributed by atoms with van der Waals surface area (Å²) in [6, 6.07) is 8.73. The monoisotopic (exact) mass is 476 g/mol. The van der Waals surface area contributed by atoms with Gasteiger partial charge in [-0.2, -0.15) is 0 Å². The lowest BCUT2D eigenvalue weighted by atomic mass is 9.83. The largest absolute Gasteiger partial charge is 0.496 e. The van der Waals surface area contributed by atoms with Gasteiger partial charge in [-0.15, -0.1) is 0 Å². The van der Waals surface area contributed by atoms with Crippen LogP contribution in [0.4, 0.5) is 0 Å². The van der Waals surface area contributed by atoms with E-state index in [-0.39, 0.29) is 18.1 Å². The molecule has 0 saturated heterocycles. The third-order valence-electron chi connectivity index (χ3n) is 7.46. The molecule has 0 N–H and O–H groups in total. The second-order valence-corrected chi connectivity index (χ2v) is 9.64. The zero-order chi connectivity index (χ0) is 24.4. The number of hydrogen-bond donors (Lipinski definition) is 0. The molecule has 0 unspecified atom stereocenters. The summed E-state index contributed by atoms with van der Waals surface area (Å²) in [5.74, 6) is 2.37. The van der Waals surface area contributed by atoms with Crippen LogP contribution < -0.4 is 14.2 Å². The van der Waals surface area contributed by atoms with Crippen molar-refractivity contribution in [1.82, 2.24) is 9.88 Å². The molecule has 3 aliphatic rings. The van der Waals surface area contributed by atoms with E-state index in [0.717, 1.165) is 29.7 Å². The number of pyridine rings is 1. The van der Waals surface area contributed by atoms with Crippen LogP contribution in [0.25, 0.3) is 0 Å². The van der Waals surface area contributed by atoms with Crippen molar-refractivity contribution in [2.45, 2.75) is 57.4 Å². The Balaban J connectivity index is 1.41. The molecule has 1 amide bonds. The van der Waals surface area contributed by atoms with Gasteiger partial charge in [0.25, 0.3) is 5.91 Å². The van der Waals surface area contributed by atoms with Crippen LogP contribution in [0.2, 0.25) is 0 Å². The first-order valence-electron chi connectivity index (χ1n) is 12.5. The highest BCUT2D eigenvalue weighted by Gasteiger charge is 2.43. The lowest BCUT2D eigenvalue weighted by molar-refractivity contribution is -0.136. The highest BCUT2D eigenvalue weighted by Crippen LogP contribution is 2.45. The second kappa shape index (κ2) is 10.1. The average Bonchev–Trinajstić information content (AvgIpc) is 3.21. The highest BCUT2D eigenvalue weighted by molar-refractivity contribution is 6.00. The van der Waals surface area contributed by atoms with Crippen LogP contribution in [0.5, 0.6) is 17.2 Å². The number of nitrogens with zero attached hydrogens (tertiary/aromatic N) is 2. The molecule has 3 heterocycles. The van der Waals surface area contributed by atoms with Crippen LogP contribution in [0.1, 0.15) is 49.8 Å². The van der Waals surface area contributed by atoms with E-state index in [1.807, 2.05) is 24.3 Å². The zero-order valence-electron chi connectivity index (χ0n) is 20.4. The molecule has 1 atom stereocenters. The van der Waals surface area contributed by atoms with E-state index in [1.165, 1.54) is 19.3 Å². The third-order valence-corrected chi connectivity index (χ3v) is 7.46. The molecule has 35 heavy (non-hydrogen) atoms. The molecule has 0 bridgehead atoms. The van der Waals surface area contributed by atoms with Gasteiger partial charge in [0.15, 0.2) is 23.0 Å². The van der Waals surface area contributed by atoms with Crippen LogP contribution in [0.15, 0.2) is 47.9 Å². The standard InChI is InChI=1S/C28H32N2O5/c1-33-24-11-12-25(34-2)27-21(24)15-19-17-30(28(32)26(19)35-27)22(14-18-8-4-3-5-9-18)23(31)16-20-10-6-7-13-29-20/h6-7,10-13,18,22H,3-5,8-9,14-17H2,1-2H3/t22-/m0/s1. The Hall–Kier alpha value is -3.35. The molecule has 184 valence electrons. The van der Waals surface area contributed by atoms with Crippen LogP contribution in [-0.2, 0) is 22.4 Å². The summed E-state index contributed by atoms with van der Waals surface area (Å²) in [6.45, 7) is 0.388. The zero-order valence-corrected chi connectivity index (χ0v) is 20.4. The number of carbonyl (C=O) groups is 2. The minimum absolute atomic E-state index is 0.0372. The summed E-state index contributed by atoms with van der Waals surface area (Å²) in [7, 11) is 3.20. The molecular formula is C28H32N2O5. The van der Waals surface area contributed by atoms with Gasteiger partial charge < -0.3 is 19.1 Å². The van der Waals surface area contributed by atoms with Crippen molar-refractivity contribution < 1.29 is 23.8 Å². The van der Waals surface area contributed by atoms with Crippen LogP contribution in [0.3, 0.4) is 0 Å². The number of rotatable bonds is 8. The quantitative estimate of drug-likeness (QED) is 0.566. The maximum absolute atomic E-state index is 13.6. The summed E-state index contributed by atoms with van der Waals surface area (Å²) in [5.41, 5.74) is 2.48. The van der Waals surface area contributed by atoms with Gasteiger partial charge in [-0.3, -0.25) is 14.6 Å². The van der Waals surface area contributed by atoms with Gasteiger partial charge in [0, 0.05) is 36.0 Å². The van der Waals surface area contributed by atoms with Crippen molar-refractivity contribution >= 4 is 11.7 Å². The Labute approximate surface area is 206 Å². The van der Waals surface area contributed by atoms with Crippen molar-refractivity contribution in [3.8, 4) is 17.2 Å². The van der Waals surface area contributed by atoms with E-state index in [1.54, 1.807) is 31.4 Å².